The van der Waals surface area contributed by atoms with Gasteiger partial charge in [0.05, 0.1) is 6.04 Å². The summed E-state index contributed by atoms with van der Waals surface area (Å²) in [5.41, 5.74) is 2.30. The van der Waals surface area contributed by atoms with Crippen LogP contribution in [0.15, 0.2) is 48.5 Å². The third-order valence-corrected chi connectivity index (χ3v) is 4.38. The summed E-state index contributed by atoms with van der Waals surface area (Å²) >= 11 is 0. The Morgan fingerprint density at radius 1 is 1.04 bits per heavy atom. The van der Waals surface area contributed by atoms with Gasteiger partial charge in [0.1, 0.15) is 5.69 Å². The van der Waals surface area contributed by atoms with Crippen molar-refractivity contribution in [2.24, 2.45) is 0 Å². The fourth-order valence-electron chi connectivity index (χ4n) is 3.08. The number of amides is 2. The Labute approximate surface area is 141 Å². The van der Waals surface area contributed by atoms with E-state index in [2.05, 4.69) is 4.98 Å². The second-order valence-corrected chi connectivity index (χ2v) is 6.05. The first-order chi connectivity index (χ1) is 11.6. The average molecular weight is 323 g/mol. The highest BCUT2D eigenvalue weighted by molar-refractivity contribution is 5.93. The number of piperazine rings is 1. The van der Waals surface area contributed by atoms with Crippen LogP contribution >= 0.6 is 0 Å². The molecule has 5 nitrogen and oxygen atoms in total. The minimum absolute atomic E-state index is 0.0386. The molecule has 1 aliphatic heterocycles. The Balaban J connectivity index is 1.92. The number of hydrogen-bond acceptors (Lipinski definition) is 3. The van der Waals surface area contributed by atoms with Gasteiger partial charge in [-0.3, -0.25) is 9.59 Å². The summed E-state index contributed by atoms with van der Waals surface area (Å²) in [6.07, 6.45) is 0. The van der Waals surface area contributed by atoms with Gasteiger partial charge in [0, 0.05) is 32.3 Å². The van der Waals surface area contributed by atoms with Crippen LogP contribution in [0.4, 0.5) is 0 Å². The van der Waals surface area contributed by atoms with Crippen molar-refractivity contribution >= 4 is 11.8 Å². The normalized spacial score (nSPS) is 17.7. The smallest absolute Gasteiger partial charge is 0.273 e. The van der Waals surface area contributed by atoms with Gasteiger partial charge >= 0.3 is 0 Å². The van der Waals surface area contributed by atoms with Crippen LogP contribution in [0.3, 0.4) is 0 Å². The van der Waals surface area contributed by atoms with E-state index in [4.69, 9.17) is 0 Å². The fraction of sp³-hybridized carbons (Fsp3) is 0.316. The lowest BCUT2D eigenvalue weighted by Gasteiger charge is -2.41. The van der Waals surface area contributed by atoms with Gasteiger partial charge < -0.3 is 9.80 Å². The largest absolute Gasteiger partial charge is 0.339 e. The quantitative estimate of drug-likeness (QED) is 0.853. The molecule has 1 atom stereocenters. The van der Waals surface area contributed by atoms with Gasteiger partial charge in [-0.25, -0.2) is 4.98 Å². The SMILES string of the molecule is CC(=O)N1CCN(C(=O)c2cccc(C)n2)[C@@H](c2ccccc2)C1. The van der Waals surface area contributed by atoms with E-state index in [1.165, 1.54) is 0 Å². The van der Waals surface area contributed by atoms with E-state index < -0.39 is 0 Å². The first-order valence-electron chi connectivity index (χ1n) is 8.11. The fourth-order valence-corrected chi connectivity index (χ4v) is 3.08. The number of carbonyl (C=O) groups is 2. The number of benzene rings is 1. The zero-order chi connectivity index (χ0) is 17.1. The van der Waals surface area contributed by atoms with Crippen LogP contribution < -0.4 is 0 Å². The Morgan fingerprint density at radius 2 is 1.79 bits per heavy atom. The monoisotopic (exact) mass is 323 g/mol. The Bertz CT molecular complexity index is 745. The van der Waals surface area contributed by atoms with E-state index in [9.17, 15) is 9.59 Å². The minimum Gasteiger partial charge on any atom is -0.339 e. The maximum absolute atomic E-state index is 13.0. The van der Waals surface area contributed by atoms with Crippen LogP contribution in [0.25, 0.3) is 0 Å². The third-order valence-electron chi connectivity index (χ3n) is 4.38. The van der Waals surface area contributed by atoms with Crippen LogP contribution in [0.2, 0.25) is 0 Å². The molecule has 2 amide bonds. The lowest BCUT2D eigenvalue weighted by Crippen LogP contribution is -2.52. The molecule has 0 unspecified atom stereocenters. The van der Waals surface area contributed by atoms with Gasteiger partial charge in [-0.2, -0.15) is 0 Å². The predicted molar refractivity (Wildman–Crippen MR) is 91.4 cm³/mol. The Kier molecular flexibility index (Phi) is 4.60. The molecule has 124 valence electrons. The minimum atomic E-state index is -0.154. The third kappa shape index (κ3) is 3.30. The molecule has 2 heterocycles. The van der Waals surface area contributed by atoms with Crippen LogP contribution in [-0.2, 0) is 4.79 Å². The highest BCUT2D eigenvalue weighted by Crippen LogP contribution is 2.27. The van der Waals surface area contributed by atoms with Crippen molar-refractivity contribution in [2.45, 2.75) is 19.9 Å². The van der Waals surface area contributed by atoms with Gasteiger partial charge in [0.15, 0.2) is 0 Å². The van der Waals surface area contributed by atoms with Crippen LogP contribution in [-0.4, -0.2) is 46.2 Å². The summed E-state index contributed by atoms with van der Waals surface area (Å²) < 4.78 is 0. The second kappa shape index (κ2) is 6.83. The number of nitrogens with zero attached hydrogens (tertiary/aromatic N) is 3. The molecule has 0 bridgehead atoms. The first-order valence-corrected chi connectivity index (χ1v) is 8.11. The molecule has 0 aliphatic carbocycles. The van der Waals surface area contributed by atoms with Gasteiger partial charge in [-0.15, -0.1) is 0 Å². The number of pyridine rings is 1. The van der Waals surface area contributed by atoms with Crippen molar-refractivity contribution in [1.82, 2.24) is 14.8 Å². The molecule has 0 saturated carbocycles. The van der Waals surface area contributed by atoms with Crippen molar-refractivity contribution in [2.75, 3.05) is 19.6 Å². The molecule has 1 aromatic heterocycles. The van der Waals surface area contributed by atoms with E-state index in [-0.39, 0.29) is 17.9 Å². The van der Waals surface area contributed by atoms with E-state index >= 15 is 0 Å². The standard InChI is InChI=1S/C19H21N3O2/c1-14-7-6-10-17(20-14)19(24)22-12-11-21(15(2)23)13-18(22)16-8-4-3-5-9-16/h3-10,18H,11-13H2,1-2H3/t18-/m1/s1. The molecular formula is C19H21N3O2. The Hall–Kier alpha value is -2.69. The van der Waals surface area contributed by atoms with E-state index in [0.717, 1.165) is 11.3 Å². The van der Waals surface area contributed by atoms with Gasteiger partial charge in [-0.05, 0) is 24.6 Å². The molecule has 0 radical (unpaired) electrons. The zero-order valence-corrected chi connectivity index (χ0v) is 14.0. The predicted octanol–water partition coefficient (Wildman–Crippen LogP) is 2.44. The maximum atomic E-state index is 13.0. The van der Waals surface area contributed by atoms with E-state index in [0.29, 0.717) is 25.3 Å². The number of rotatable bonds is 2. The average Bonchev–Trinajstić information content (AvgIpc) is 2.61. The topological polar surface area (TPSA) is 53.5 Å². The summed E-state index contributed by atoms with van der Waals surface area (Å²) in [7, 11) is 0. The van der Waals surface area contributed by atoms with Crippen molar-refractivity contribution in [3.63, 3.8) is 0 Å². The van der Waals surface area contributed by atoms with Gasteiger partial charge in [0.2, 0.25) is 5.91 Å². The van der Waals surface area contributed by atoms with Crippen molar-refractivity contribution in [3.05, 3.63) is 65.5 Å². The molecule has 3 rings (SSSR count). The number of aromatic nitrogens is 1. The highest BCUT2D eigenvalue weighted by atomic mass is 16.2. The number of hydrogen-bond donors (Lipinski definition) is 0. The van der Waals surface area contributed by atoms with Crippen molar-refractivity contribution in [1.29, 1.82) is 0 Å². The van der Waals surface area contributed by atoms with Crippen LogP contribution in [0.5, 0.6) is 0 Å². The number of carbonyl (C=O) groups excluding carboxylic acids is 2. The zero-order valence-electron chi connectivity index (χ0n) is 14.0. The molecule has 5 heteroatoms. The van der Waals surface area contributed by atoms with Crippen molar-refractivity contribution < 1.29 is 9.59 Å². The lowest BCUT2D eigenvalue weighted by atomic mass is 10.0. The molecule has 24 heavy (non-hydrogen) atoms. The molecule has 1 fully saturated rings. The molecular weight excluding hydrogens is 302 g/mol. The molecule has 1 aromatic carbocycles. The second-order valence-electron chi connectivity index (χ2n) is 6.05. The number of aryl methyl sites for hydroxylation is 1. The highest BCUT2D eigenvalue weighted by Gasteiger charge is 2.33. The van der Waals surface area contributed by atoms with E-state index in [1.54, 1.807) is 17.9 Å². The van der Waals surface area contributed by atoms with Crippen LogP contribution in [0.1, 0.15) is 34.7 Å². The molecule has 2 aromatic rings. The first kappa shape index (κ1) is 16.2. The maximum Gasteiger partial charge on any atom is 0.273 e. The summed E-state index contributed by atoms with van der Waals surface area (Å²) in [4.78, 5) is 32.7. The van der Waals surface area contributed by atoms with Crippen LogP contribution in [0, 0.1) is 6.92 Å². The molecule has 1 saturated heterocycles. The molecule has 0 N–H and O–H groups in total. The Morgan fingerprint density at radius 3 is 2.46 bits per heavy atom. The summed E-state index contributed by atoms with van der Waals surface area (Å²) in [5, 5.41) is 0. The van der Waals surface area contributed by atoms with E-state index in [1.807, 2.05) is 54.3 Å². The van der Waals surface area contributed by atoms with Gasteiger partial charge in [0.25, 0.3) is 5.91 Å². The lowest BCUT2D eigenvalue weighted by molar-refractivity contribution is -0.131. The molecule has 0 spiro atoms. The summed E-state index contributed by atoms with van der Waals surface area (Å²) in [6.45, 7) is 5.02. The molecule has 1 aliphatic rings. The van der Waals surface area contributed by atoms with Gasteiger partial charge in [-0.1, -0.05) is 36.4 Å². The summed E-state index contributed by atoms with van der Waals surface area (Å²) in [6, 6.07) is 15.2. The summed E-state index contributed by atoms with van der Waals surface area (Å²) in [5.74, 6) is -0.0486. The van der Waals surface area contributed by atoms with Crippen molar-refractivity contribution in [3.8, 4) is 0 Å².